The monoisotopic (exact) mass is 412 g/mol. The van der Waals surface area contributed by atoms with E-state index in [2.05, 4.69) is 22.7 Å². The molecule has 0 spiro atoms. The summed E-state index contributed by atoms with van der Waals surface area (Å²) in [7, 11) is 0. The molecule has 4 rings (SSSR count). The van der Waals surface area contributed by atoms with Gasteiger partial charge in [0.25, 0.3) is 5.91 Å². The minimum atomic E-state index is -0.298. The molecule has 0 aliphatic carbocycles. The van der Waals surface area contributed by atoms with Crippen LogP contribution in [0.2, 0.25) is 0 Å². The van der Waals surface area contributed by atoms with Crippen molar-refractivity contribution in [3.8, 4) is 5.75 Å². The zero-order valence-electron chi connectivity index (χ0n) is 16.2. The van der Waals surface area contributed by atoms with E-state index in [1.54, 1.807) is 30.0 Å². The highest BCUT2D eigenvalue weighted by Crippen LogP contribution is 2.25. The molecule has 0 atom stereocenters. The van der Waals surface area contributed by atoms with Crippen molar-refractivity contribution in [3.63, 3.8) is 0 Å². The third-order valence-electron chi connectivity index (χ3n) is 4.67. The lowest BCUT2D eigenvalue weighted by Gasteiger charge is -2.05. The van der Waals surface area contributed by atoms with Gasteiger partial charge in [0.15, 0.2) is 0 Å². The number of hydrazone groups is 1. The normalized spacial score (nSPS) is 11.1. The van der Waals surface area contributed by atoms with Gasteiger partial charge in [-0.1, -0.05) is 60.7 Å². The van der Waals surface area contributed by atoms with Crippen LogP contribution in [-0.2, 0) is 5.75 Å². The standard InChI is InChI=1S/C25H20N2O2S/c28-24-15-14-19-6-4-5-9-22(19)23(24)16-26-27-25(29)20-12-10-18(11-13-20)17-30-21-7-2-1-3-8-21/h1-16,28H,17H2,(H,27,29)/b26-16-. The number of hydrogen-bond acceptors (Lipinski definition) is 4. The molecule has 0 radical (unpaired) electrons. The molecule has 0 saturated carbocycles. The molecule has 0 bridgehead atoms. The Kier molecular flexibility index (Phi) is 6.11. The fourth-order valence-electron chi connectivity index (χ4n) is 3.08. The fourth-order valence-corrected chi connectivity index (χ4v) is 3.95. The molecule has 0 fully saturated rings. The summed E-state index contributed by atoms with van der Waals surface area (Å²) in [5.41, 5.74) is 4.78. The molecule has 0 saturated heterocycles. The van der Waals surface area contributed by atoms with Gasteiger partial charge in [0, 0.05) is 21.8 Å². The Morgan fingerprint density at radius 3 is 2.43 bits per heavy atom. The van der Waals surface area contributed by atoms with E-state index < -0.39 is 0 Å². The lowest BCUT2D eigenvalue weighted by Crippen LogP contribution is -2.17. The zero-order chi connectivity index (χ0) is 20.8. The van der Waals surface area contributed by atoms with Gasteiger partial charge in [-0.25, -0.2) is 5.43 Å². The first kappa shape index (κ1) is 19.7. The van der Waals surface area contributed by atoms with Gasteiger partial charge in [-0.2, -0.15) is 5.10 Å². The third kappa shape index (κ3) is 4.70. The number of fused-ring (bicyclic) bond motifs is 1. The van der Waals surface area contributed by atoms with Gasteiger partial charge < -0.3 is 5.11 Å². The van der Waals surface area contributed by atoms with Crippen LogP contribution in [0.5, 0.6) is 5.75 Å². The van der Waals surface area contributed by atoms with E-state index in [1.165, 1.54) is 11.1 Å². The lowest BCUT2D eigenvalue weighted by atomic mass is 10.0. The van der Waals surface area contributed by atoms with E-state index in [0.29, 0.717) is 11.1 Å². The molecular weight excluding hydrogens is 392 g/mol. The quantitative estimate of drug-likeness (QED) is 0.246. The van der Waals surface area contributed by atoms with Gasteiger partial charge in [-0.15, -0.1) is 11.8 Å². The number of hydrogen-bond donors (Lipinski definition) is 2. The minimum absolute atomic E-state index is 0.118. The summed E-state index contributed by atoms with van der Waals surface area (Å²) in [4.78, 5) is 13.6. The summed E-state index contributed by atoms with van der Waals surface area (Å²) < 4.78 is 0. The van der Waals surface area contributed by atoms with Crippen LogP contribution in [0.4, 0.5) is 0 Å². The Bertz CT molecular complexity index is 1190. The second-order valence-corrected chi connectivity index (χ2v) is 7.77. The molecule has 4 nitrogen and oxygen atoms in total. The van der Waals surface area contributed by atoms with Crippen LogP contribution >= 0.6 is 11.8 Å². The molecule has 30 heavy (non-hydrogen) atoms. The summed E-state index contributed by atoms with van der Waals surface area (Å²) >= 11 is 1.75. The predicted molar refractivity (Wildman–Crippen MR) is 123 cm³/mol. The maximum Gasteiger partial charge on any atom is 0.271 e. The SMILES string of the molecule is O=C(N/N=C\c1c(O)ccc2ccccc12)c1ccc(CSc2ccccc2)cc1. The molecule has 1 amide bonds. The first-order valence-electron chi connectivity index (χ1n) is 9.51. The summed E-state index contributed by atoms with van der Waals surface area (Å²) in [5, 5.41) is 16.1. The van der Waals surface area contributed by atoms with E-state index in [-0.39, 0.29) is 11.7 Å². The number of phenols is 1. The molecule has 0 aliphatic rings. The van der Waals surface area contributed by atoms with Crippen molar-refractivity contribution in [3.05, 3.63) is 108 Å². The van der Waals surface area contributed by atoms with E-state index >= 15 is 0 Å². The van der Waals surface area contributed by atoms with Crippen LogP contribution in [0.25, 0.3) is 10.8 Å². The largest absolute Gasteiger partial charge is 0.507 e. The molecular formula is C25H20N2O2S. The molecule has 0 heterocycles. The molecule has 4 aromatic carbocycles. The van der Waals surface area contributed by atoms with E-state index in [9.17, 15) is 9.90 Å². The maximum absolute atomic E-state index is 12.4. The van der Waals surface area contributed by atoms with E-state index in [1.807, 2.05) is 60.7 Å². The number of aromatic hydroxyl groups is 1. The summed E-state index contributed by atoms with van der Waals surface area (Å²) in [6.07, 6.45) is 1.47. The first-order chi connectivity index (χ1) is 14.7. The number of carbonyl (C=O) groups is 1. The maximum atomic E-state index is 12.4. The number of rotatable bonds is 6. The van der Waals surface area contributed by atoms with Crippen LogP contribution in [0.3, 0.4) is 0 Å². The van der Waals surface area contributed by atoms with Crippen molar-refractivity contribution < 1.29 is 9.90 Å². The zero-order valence-corrected chi connectivity index (χ0v) is 17.0. The van der Waals surface area contributed by atoms with Gasteiger partial charge >= 0.3 is 0 Å². The fraction of sp³-hybridized carbons (Fsp3) is 0.0400. The number of carbonyl (C=O) groups excluding carboxylic acids is 1. The molecule has 2 N–H and O–H groups in total. The predicted octanol–water partition coefficient (Wildman–Crippen LogP) is 5.60. The van der Waals surface area contributed by atoms with Crippen LogP contribution in [0.1, 0.15) is 21.5 Å². The third-order valence-corrected chi connectivity index (χ3v) is 5.76. The molecule has 4 aromatic rings. The van der Waals surface area contributed by atoms with Crippen molar-refractivity contribution >= 4 is 34.7 Å². The molecule has 0 aromatic heterocycles. The van der Waals surface area contributed by atoms with Crippen LogP contribution in [0, 0.1) is 0 Å². The number of benzene rings is 4. The van der Waals surface area contributed by atoms with Crippen molar-refractivity contribution in [2.75, 3.05) is 0 Å². The average Bonchev–Trinajstić information content (AvgIpc) is 2.80. The number of nitrogens with one attached hydrogen (secondary N) is 1. The topological polar surface area (TPSA) is 61.7 Å². The van der Waals surface area contributed by atoms with Crippen molar-refractivity contribution in [1.29, 1.82) is 0 Å². The van der Waals surface area contributed by atoms with Gasteiger partial charge in [0.1, 0.15) is 5.75 Å². The van der Waals surface area contributed by atoms with E-state index in [4.69, 9.17) is 0 Å². The lowest BCUT2D eigenvalue weighted by molar-refractivity contribution is 0.0955. The smallest absolute Gasteiger partial charge is 0.271 e. The van der Waals surface area contributed by atoms with Crippen molar-refractivity contribution in [2.24, 2.45) is 5.10 Å². The minimum Gasteiger partial charge on any atom is -0.507 e. The highest BCUT2D eigenvalue weighted by Gasteiger charge is 2.07. The Morgan fingerprint density at radius 1 is 0.900 bits per heavy atom. The number of amides is 1. The Balaban J connectivity index is 1.39. The Morgan fingerprint density at radius 2 is 1.63 bits per heavy atom. The number of thioether (sulfide) groups is 1. The highest BCUT2D eigenvalue weighted by atomic mass is 32.2. The van der Waals surface area contributed by atoms with Gasteiger partial charge in [-0.3, -0.25) is 4.79 Å². The summed E-state index contributed by atoms with van der Waals surface area (Å²) in [5.74, 6) is 0.657. The van der Waals surface area contributed by atoms with Gasteiger partial charge in [-0.05, 0) is 46.7 Å². The second-order valence-electron chi connectivity index (χ2n) is 6.72. The summed E-state index contributed by atoms with van der Waals surface area (Å²) in [6, 6.07) is 28.9. The number of nitrogens with zero attached hydrogens (tertiary/aromatic N) is 1. The Hall–Kier alpha value is -3.57. The van der Waals surface area contributed by atoms with Crippen molar-refractivity contribution in [1.82, 2.24) is 5.43 Å². The van der Waals surface area contributed by atoms with Crippen LogP contribution < -0.4 is 5.43 Å². The molecule has 5 heteroatoms. The Labute approximate surface area is 179 Å². The van der Waals surface area contributed by atoms with Gasteiger partial charge in [0.05, 0.1) is 6.21 Å². The van der Waals surface area contributed by atoms with Gasteiger partial charge in [0.2, 0.25) is 0 Å². The average molecular weight is 413 g/mol. The second kappa shape index (κ2) is 9.29. The summed E-state index contributed by atoms with van der Waals surface area (Å²) in [6.45, 7) is 0. The van der Waals surface area contributed by atoms with Crippen LogP contribution in [-0.4, -0.2) is 17.2 Å². The van der Waals surface area contributed by atoms with Crippen molar-refractivity contribution in [2.45, 2.75) is 10.6 Å². The first-order valence-corrected chi connectivity index (χ1v) is 10.5. The highest BCUT2D eigenvalue weighted by molar-refractivity contribution is 7.98. The molecule has 0 unspecified atom stereocenters. The number of phenolic OH excluding ortho intramolecular Hbond substituents is 1. The van der Waals surface area contributed by atoms with Crippen LogP contribution in [0.15, 0.2) is 101 Å². The molecule has 148 valence electrons. The molecule has 0 aliphatic heterocycles. The van der Waals surface area contributed by atoms with E-state index in [0.717, 1.165) is 22.1 Å².